The first-order chi connectivity index (χ1) is 12.5. The quantitative estimate of drug-likeness (QED) is 0.792. The van der Waals surface area contributed by atoms with Crippen molar-refractivity contribution >= 4 is 27.5 Å². The standard InChI is InChI=1S/C19H25N3O3S/c23-19(15-7-3-1-4-8-15)21-16-10-12-17(13-11-16)26(24,25)22-18-9-5-2-6-14-20-18/h1,3,10-13,15H,2,4-9,14H2,(H,20,22)(H,21,23). The van der Waals surface area contributed by atoms with Gasteiger partial charge in [0.15, 0.2) is 0 Å². The second kappa shape index (κ2) is 8.49. The fourth-order valence-electron chi connectivity index (χ4n) is 3.16. The number of anilines is 1. The summed E-state index contributed by atoms with van der Waals surface area (Å²) >= 11 is 0. The zero-order valence-corrected chi connectivity index (χ0v) is 15.6. The highest BCUT2D eigenvalue weighted by Crippen LogP contribution is 2.21. The molecule has 1 aliphatic heterocycles. The molecular weight excluding hydrogens is 350 g/mol. The van der Waals surface area contributed by atoms with Crippen LogP contribution in [0.4, 0.5) is 5.69 Å². The molecule has 0 saturated carbocycles. The number of hydrogen-bond donors (Lipinski definition) is 2. The van der Waals surface area contributed by atoms with E-state index in [0.29, 0.717) is 24.5 Å². The van der Waals surface area contributed by atoms with Crippen molar-refractivity contribution in [2.45, 2.75) is 49.8 Å². The van der Waals surface area contributed by atoms with Crippen LogP contribution >= 0.6 is 0 Å². The van der Waals surface area contributed by atoms with Crippen LogP contribution in [-0.2, 0) is 14.8 Å². The van der Waals surface area contributed by atoms with E-state index >= 15 is 0 Å². The number of nitrogens with zero attached hydrogens (tertiary/aromatic N) is 1. The molecule has 7 heteroatoms. The van der Waals surface area contributed by atoms with Crippen molar-refractivity contribution in [3.05, 3.63) is 36.4 Å². The summed E-state index contributed by atoms with van der Waals surface area (Å²) in [5, 5.41) is 2.87. The largest absolute Gasteiger partial charge is 0.326 e. The third-order valence-corrected chi connectivity index (χ3v) is 6.10. The first kappa shape index (κ1) is 18.6. The Labute approximate surface area is 154 Å². The molecule has 1 aromatic carbocycles. The van der Waals surface area contributed by atoms with Gasteiger partial charge in [-0.3, -0.25) is 14.5 Å². The van der Waals surface area contributed by atoms with E-state index in [0.717, 1.165) is 38.5 Å². The molecule has 2 N–H and O–H groups in total. The zero-order valence-electron chi connectivity index (χ0n) is 14.8. The first-order valence-corrected chi connectivity index (χ1v) is 10.6. The van der Waals surface area contributed by atoms with E-state index in [1.807, 2.05) is 6.08 Å². The number of aliphatic imine (C=N–C) groups is 1. The SMILES string of the molecule is O=C(Nc1ccc(S(=O)(=O)NC2=NCCCCC2)cc1)C1CC=CCC1. The molecule has 2 aliphatic rings. The van der Waals surface area contributed by atoms with Crippen molar-refractivity contribution in [1.82, 2.24) is 4.72 Å². The van der Waals surface area contributed by atoms with E-state index in [1.165, 1.54) is 12.1 Å². The molecule has 0 bridgehead atoms. The molecule has 1 aliphatic carbocycles. The molecule has 1 amide bonds. The van der Waals surface area contributed by atoms with Crippen LogP contribution in [0.1, 0.15) is 44.9 Å². The Bertz CT molecular complexity index is 798. The second-order valence-electron chi connectivity index (χ2n) is 6.74. The van der Waals surface area contributed by atoms with Crippen molar-refractivity contribution in [2.75, 3.05) is 11.9 Å². The number of nitrogens with one attached hydrogen (secondary N) is 2. The monoisotopic (exact) mass is 375 g/mol. The Morgan fingerprint density at radius 3 is 2.62 bits per heavy atom. The first-order valence-electron chi connectivity index (χ1n) is 9.17. The van der Waals surface area contributed by atoms with Gasteiger partial charge in [0.2, 0.25) is 5.91 Å². The molecule has 1 aromatic rings. The van der Waals surface area contributed by atoms with Crippen molar-refractivity contribution in [2.24, 2.45) is 10.9 Å². The lowest BCUT2D eigenvalue weighted by atomic mass is 9.93. The number of amidine groups is 1. The minimum atomic E-state index is -3.64. The summed E-state index contributed by atoms with van der Waals surface area (Å²) in [5.41, 5.74) is 0.607. The molecule has 140 valence electrons. The lowest BCUT2D eigenvalue weighted by Gasteiger charge is -2.17. The van der Waals surface area contributed by atoms with Crippen molar-refractivity contribution in [3.8, 4) is 0 Å². The van der Waals surface area contributed by atoms with Crippen molar-refractivity contribution < 1.29 is 13.2 Å². The van der Waals surface area contributed by atoms with Crippen LogP contribution in [0.2, 0.25) is 0 Å². The zero-order chi connectivity index (χ0) is 18.4. The molecule has 1 atom stereocenters. The van der Waals surface area contributed by atoms with Crippen LogP contribution in [0.25, 0.3) is 0 Å². The van der Waals surface area contributed by atoms with Crippen LogP contribution in [-0.4, -0.2) is 26.7 Å². The summed E-state index contributed by atoms with van der Waals surface area (Å²) in [5.74, 6) is 0.499. The molecule has 0 spiro atoms. The highest BCUT2D eigenvalue weighted by molar-refractivity contribution is 7.90. The number of amides is 1. The lowest BCUT2D eigenvalue weighted by Crippen LogP contribution is -2.30. The van der Waals surface area contributed by atoms with E-state index in [-0.39, 0.29) is 16.7 Å². The Morgan fingerprint density at radius 1 is 1.08 bits per heavy atom. The van der Waals surface area contributed by atoms with Crippen LogP contribution in [0.5, 0.6) is 0 Å². The molecule has 6 nitrogen and oxygen atoms in total. The second-order valence-corrected chi connectivity index (χ2v) is 8.42. The van der Waals surface area contributed by atoms with Gasteiger partial charge >= 0.3 is 0 Å². The number of carbonyl (C=O) groups is 1. The van der Waals surface area contributed by atoms with Crippen molar-refractivity contribution in [3.63, 3.8) is 0 Å². The Morgan fingerprint density at radius 2 is 1.88 bits per heavy atom. The van der Waals surface area contributed by atoms with Gasteiger partial charge in [0.05, 0.1) is 4.90 Å². The van der Waals surface area contributed by atoms with E-state index in [9.17, 15) is 13.2 Å². The predicted octanol–water partition coefficient (Wildman–Crippen LogP) is 3.23. The molecule has 26 heavy (non-hydrogen) atoms. The molecule has 1 unspecified atom stereocenters. The van der Waals surface area contributed by atoms with E-state index in [4.69, 9.17) is 0 Å². The molecule has 0 radical (unpaired) electrons. The summed E-state index contributed by atoms with van der Waals surface area (Å²) in [6.07, 6.45) is 10.3. The Hall–Kier alpha value is -2.15. The number of carbonyl (C=O) groups excluding carboxylic acids is 1. The van der Waals surface area contributed by atoms with E-state index < -0.39 is 10.0 Å². The van der Waals surface area contributed by atoms with Crippen LogP contribution in [0.15, 0.2) is 46.3 Å². The highest BCUT2D eigenvalue weighted by Gasteiger charge is 2.20. The minimum absolute atomic E-state index is 0.0154. The molecule has 3 rings (SSSR count). The fourth-order valence-corrected chi connectivity index (χ4v) is 4.25. The van der Waals surface area contributed by atoms with Gasteiger partial charge in [-0.2, -0.15) is 0 Å². The van der Waals surface area contributed by atoms with Gasteiger partial charge in [-0.05, 0) is 56.4 Å². The van der Waals surface area contributed by atoms with Gasteiger partial charge in [0.1, 0.15) is 5.84 Å². The van der Waals surface area contributed by atoms with Gasteiger partial charge in [-0.1, -0.05) is 18.6 Å². The predicted molar refractivity (Wildman–Crippen MR) is 103 cm³/mol. The van der Waals surface area contributed by atoms with Crippen LogP contribution < -0.4 is 10.0 Å². The third kappa shape index (κ3) is 4.94. The Kier molecular flexibility index (Phi) is 6.08. The topological polar surface area (TPSA) is 87.6 Å². The van der Waals surface area contributed by atoms with Crippen LogP contribution in [0.3, 0.4) is 0 Å². The number of sulfonamides is 1. The van der Waals surface area contributed by atoms with Crippen molar-refractivity contribution in [1.29, 1.82) is 0 Å². The molecule has 0 saturated heterocycles. The molecule has 1 heterocycles. The number of allylic oxidation sites excluding steroid dienone is 2. The molecule has 0 fully saturated rings. The average Bonchev–Trinajstić information content (AvgIpc) is 2.91. The maximum atomic E-state index is 12.5. The maximum Gasteiger partial charge on any atom is 0.262 e. The van der Waals surface area contributed by atoms with Gasteiger partial charge in [-0.15, -0.1) is 0 Å². The maximum absolute atomic E-state index is 12.5. The smallest absolute Gasteiger partial charge is 0.262 e. The molecular formula is C19H25N3O3S. The lowest BCUT2D eigenvalue weighted by molar-refractivity contribution is -0.120. The minimum Gasteiger partial charge on any atom is -0.326 e. The summed E-state index contributed by atoms with van der Waals surface area (Å²) in [6, 6.07) is 6.27. The van der Waals surface area contributed by atoms with Gasteiger partial charge in [0.25, 0.3) is 10.0 Å². The van der Waals surface area contributed by atoms with Crippen LogP contribution in [0, 0.1) is 5.92 Å². The molecule has 0 aromatic heterocycles. The fraction of sp³-hybridized carbons (Fsp3) is 0.474. The summed E-state index contributed by atoms with van der Waals surface area (Å²) in [4.78, 5) is 16.7. The van der Waals surface area contributed by atoms with E-state index in [1.54, 1.807) is 12.1 Å². The summed E-state index contributed by atoms with van der Waals surface area (Å²) in [6.45, 7) is 0.666. The number of rotatable bonds is 4. The van der Waals surface area contributed by atoms with Gasteiger partial charge < -0.3 is 5.32 Å². The summed E-state index contributed by atoms with van der Waals surface area (Å²) in [7, 11) is -3.64. The average molecular weight is 375 g/mol. The third-order valence-electron chi connectivity index (χ3n) is 4.70. The Balaban J connectivity index is 1.63. The highest BCUT2D eigenvalue weighted by atomic mass is 32.2. The normalized spacial score (nSPS) is 20.8. The summed E-state index contributed by atoms with van der Waals surface area (Å²) < 4.78 is 27.6. The van der Waals surface area contributed by atoms with E-state index in [2.05, 4.69) is 21.1 Å². The number of benzene rings is 1. The number of hydrogen-bond acceptors (Lipinski definition) is 4. The van der Waals surface area contributed by atoms with Gasteiger partial charge in [0, 0.05) is 24.6 Å². The van der Waals surface area contributed by atoms with Gasteiger partial charge in [-0.25, -0.2) is 8.42 Å².